The number of halogens is 3. The molecule has 2 amide bonds. The van der Waals surface area contributed by atoms with Gasteiger partial charge in [-0.15, -0.1) is 6.58 Å². The number of rotatable bonds is 8. The van der Waals surface area contributed by atoms with E-state index in [1.165, 1.54) is 13.2 Å². The summed E-state index contributed by atoms with van der Waals surface area (Å²) in [6.07, 6.45) is -1.01. The van der Waals surface area contributed by atoms with Crippen LogP contribution in [0.25, 0.3) is 0 Å². The van der Waals surface area contributed by atoms with Crippen LogP contribution < -0.4 is 10.1 Å². The highest BCUT2D eigenvalue weighted by atomic mass is 19.4. The number of amides is 2. The highest BCUT2D eigenvalue weighted by molar-refractivity contribution is 5.91. The number of hydrogen-bond acceptors (Lipinski definition) is 2. The highest BCUT2D eigenvalue weighted by Gasteiger charge is 2.30. The van der Waals surface area contributed by atoms with Crippen molar-refractivity contribution in [2.24, 2.45) is 0 Å². The van der Waals surface area contributed by atoms with Crippen LogP contribution in [-0.2, 0) is 19.3 Å². The molecule has 0 aliphatic carbocycles. The first-order valence-electron chi connectivity index (χ1n) is 9.92. The fourth-order valence-corrected chi connectivity index (χ4v) is 3.30. The van der Waals surface area contributed by atoms with E-state index in [2.05, 4.69) is 11.9 Å². The van der Waals surface area contributed by atoms with Crippen LogP contribution in [0, 0.1) is 0 Å². The van der Waals surface area contributed by atoms with Crippen molar-refractivity contribution in [1.29, 1.82) is 0 Å². The Morgan fingerprint density at radius 1 is 1.16 bits per heavy atom. The molecule has 0 saturated heterocycles. The quantitative estimate of drug-likeness (QED) is 0.449. The van der Waals surface area contributed by atoms with E-state index in [1.807, 2.05) is 10.6 Å². The molecular formula is C24H24F3N3O2. The maximum absolute atomic E-state index is 13.0. The van der Waals surface area contributed by atoms with Crippen LogP contribution >= 0.6 is 0 Å². The van der Waals surface area contributed by atoms with Gasteiger partial charge in [0.25, 0.3) is 0 Å². The molecule has 0 atom stereocenters. The lowest BCUT2D eigenvalue weighted by molar-refractivity contribution is -0.137. The largest absolute Gasteiger partial charge is 0.495 e. The van der Waals surface area contributed by atoms with Crippen LogP contribution in [-0.4, -0.2) is 29.2 Å². The Kier molecular flexibility index (Phi) is 7.25. The van der Waals surface area contributed by atoms with Gasteiger partial charge in [-0.05, 0) is 42.0 Å². The van der Waals surface area contributed by atoms with Crippen LogP contribution in [0.1, 0.15) is 16.8 Å². The molecule has 1 N–H and O–H groups in total. The zero-order valence-corrected chi connectivity index (χ0v) is 17.6. The molecule has 0 fully saturated rings. The van der Waals surface area contributed by atoms with E-state index in [0.717, 1.165) is 17.8 Å². The lowest BCUT2D eigenvalue weighted by Crippen LogP contribution is -2.35. The van der Waals surface area contributed by atoms with Gasteiger partial charge in [-0.25, -0.2) is 4.79 Å². The van der Waals surface area contributed by atoms with Crippen molar-refractivity contribution in [2.75, 3.05) is 19.0 Å². The van der Waals surface area contributed by atoms with E-state index < -0.39 is 11.7 Å². The second-order valence-electron chi connectivity index (χ2n) is 7.13. The number of carbonyl (C=O) groups is 1. The summed E-state index contributed by atoms with van der Waals surface area (Å²) in [6.45, 7) is 4.50. The Labute approximate surface area is 184 Å². The van der Waals surface area contributed by atoms with Gasteiger partial charge in [0.05, 0.1) is 24.9 Å². The number of urea groups is 1. The number of nitrogens with zero attached hydrogens (tertiary/aromatic N) is 2. The minimum absolute atomic E-state index is 0.249. The smallest absolute Gasteiger partial charge is 0.416 e. The number of hydrogen-bond donors (Lipinski definition) is 1. The van der Waals surface area contributed by atoms with E-state index in [4.69, 9.17) is 4.74 Å². The van der Waals surface area contributed by atoms with Crippen molar-refractivity contribution < 1.29 is 22.7 Å². The summed E-state index contributed by atoms with van der Waals surface area (Å²) in [5, 5.41) is 2.83. The van der Waals surface area contributed by atoms with Gasteiger partial charge in [-0.2, -0.15) is 13.2 Å². The van der Waals surface area contributed by atoms with Crippen molar-refractivity contribution in [1.82, 2.24) is 9.47 Å². The summed E-state index contributed by atoms with van der Waals surface area (Å²) in [4.78, 5) is 14.5. The number of para-hydroxylation sites is 2. The van der Waals surface area contributed by atoms with Crippen LogP contribution in [0.3, 0.4) is 0 Å². The molecule has 0 aliphatic heterocycles. The molecule has 0 saturated carbocycles. The molecule has 0 bridgehead atoms. The predicted octanol–water partition coefficient (Wildman–Crippen LogP) is 5.78. The number of nitrogens with one attached hydrogen (secondary N) is 1. The maximum Gasteiger partial charge on any atom is 0.416 e. The molecular weight excluding hydrogens is 419 g/mol. The van der Waals surface area contributed by atoms with Crippen LogP contribution in [0.2, 0.25) is 0 Å². The van der Waals surface area contributed by atoms with Crippen molar-refractivity contribution in [2.45, 2.75) is 19.3 Å². The number of aromatic nitrogens is 1. The molecule has 5 nitrogen and oxygen atoms in total. The zero-order chi connectivity index (χ0) is 23.1. The molecule has 0 spiro atoms. The number of carbonyl (C=O) groups excluding carboxylic acids is 1. The Bertz CT molecular complexity index is 1080. The molecule has 3 aromatic rings. The normalized spacial score (nSPS) is 11.1. The lowest BCUT2D eigenvalue weighted by atomic mass is 10.1. The van der Waals surface area contributed by atoms with E-state index in [9.17, 15) is 18.0 Å². The van der Waals surface area contributed by atoms with E-state index in [-0.39, 0.29) is 25.7 Å². The SMILES string of the molecule is C=CCN(Cc1cccn1Cc1cccc(C(F)(F)F)c1)C(=O)Nc1ccccc1OC. The molecule has 0 radical (unpaired) electrons. The fraction of sp³-hybridized carbons (Fsp3) is 0.208. The first-order chi connectivity index (χ1) is 15.3. The predicted molar refractivity (Wildman–Crippen MR) is 118 cm³/mol. The number of methoxy groups -OCH3 is 1. The van der Waals surface area contributed by atoms with Gasteiger partial charge in [0.1, 0.15) is 5.75 Å². The summed E-state index contributed by atoms with van der Waals surface area (Å²) >= 11 is 0. The zero-order valence-electron chi connectivity index (χ0n) is 17.6. The highest BCUT2D eigenvalue weighted by Crippen LogP contribution is 2.30. The third-order valence-electron chi connectivity index (χ3n) is 4.87. The molecule has 168 valence electrons. The molecule has 1 heterocycles. The second-order valence-corrected chi connectivity index (χ2v) is 7.13. The lowest BCUT2D eigenvalue weighted by Gasteiger charge is -2.23. The number of anilines is 1. The second kappa shape index (κ2) is 10.1. The van der Waals surface area contributed by atoms with Gasteiger partial charge in [0, 0.05) is 25.0 Å². The molecule has 0 aliphatic rings. The molecule has 0 unspecified atom stereocenters. The van der Waals surface area contributed by atoms with Crippen molar-refractivity contribution in [3.63, 3.8) is 0 Å². The van der Waals surface area contributed by atoms with E-state index in [1.54, 1.807) is 53.6 Å². The van der Waals surface area contributed by atoms with Gasteiger partial charge >= 0.3 is 12.2 Å². The average molecular weight is 443 g/mol. The van der Waals surface area contributed by atoms with Crippen molar-refractivity contribution >= 4 is 11.7 Å². The summed E-state index contributed by atoms with van der Waals surface area (Å²) in [7, 11) is 1.52. The minimum Gasteiger partial charge on any atom is -0.495 e. The Hall–Kier alpha value is -3.68. The Morgan fingerprint density at radius 2 is 1.94 bits per heavy atom. The van der Waals surface area contributed by atoms with Crippen LogP contribution in [0.4, 0.5) is 23.7 Å². The van der Waals surface area contributed by atoms with Crippen LogP contribution in [0.5, 0.6) is 5.75 Å². The Morgan fingerprint density at radius 3 is 2.66 bits per heavy atom. The van der Waals surface area contributed by atoms with E-state index in [0.29, 0.717) is 17.0 Å². The van der Waals surface area contributed by atoms with Gasteiger partial charge in [0.15, 0.2) is 0 Å². The van der Waals surface area contributed by atoms with Gasteiger partial charge in [-0.3, -0.25) is 0 Å². The van der Waals surface area contributed by atoms with Gasteiger partial charge < -0.3 is 19.5 Å². The van der Waals surface area contributed by atoms with Crippen LogP contribution in [0.15, 0.2) is 79.5 Å². The first kappa shape index (κ1) is 23.0. The summed E-state index contributed by atoms with van der Waals surface area (Å²) in [6, 6.07) is 15.6. The topological polar surface area (TPSA) is 46.5 Å². The Balaban J connectivity index is 1.76. The number of benzene rings is 2. The molecule has 32 heavy (non-hydrogen) atoms. The number of alkyl halides is 3. The third-order valence-corrected chi connectivity index (χ3v) is 4.87. The number of ether oxygens (including phenoxy) is 1. The average Bonchev–Trinajstić information content (AvgIpc) is 3.20. The standard InChI is InChI=1S/C24H24F3N3O2/c1-3-13-30(23(31)28-21-11-4-5-12-22(21)32-2)17-20-10-7-14-29(20)16-18-8-6-9-19(15-18)24(25,26)27/h3-12,14-15H,1,13,16-17H2,2H3,(H,28,31). The molecule has 1 aromatic heterocycles. The fourth-order valence-electron chi connectivity index (χ4n) is 3.30. The summed E-state index contributed by atoms with van der Waals surface area (Å²) in [5.74, 6) is 0.535. The van der Waals surface area contributed by atoms with Crippen molar-refractivity contribution in [3.8, 4) is 5.75 Å². The first-order valence-corrected chi connectivity index (χ1v) is 9.92. The molecule has 2 aromatic carbocycles. The minimum atomic E-state index is -4.40. The van der Waals surface area contributed by atoms with Gasteiger partial charge in [0.2, 0.25) is 0 Å². The molecule has 3 rings (SSSR count). The summed E-state index contributed by atoms with van der Waals surface area (Å²) in [5.41, 5.74) is 1.15. The van der Waals surface area contributed by atoms with E-state index >= 15 is 0 Å². The maximum atomic E-state index is 13.0. The third kappa shape index (κ3) is 5.72. The van der Waals surface area contributed by atoms with Crippen molar-refractivity contribution in [3.05, 3.63) is 96.3 Å². The van der Waals surface area contributed by atoms with Gasteiger partial charge in [-0.1, -0.05) is 30.3 Å². The molecule has 8 heteroatoms. The monoisotopic (exact) mass is 443 g/mol. The summed E-state index contributed by atoms with van der Waals surface area (Å²) < 4.78 is 46.2.